The average Bonchev–Trinajstić information content (AvgIpc) is 2.92. The number of aryl methyl sites for hydroxylation is 1. The van der Waals surface area contributed by atoms with Crippen LogP contribution in [0.4, 0.5) is 13.2 Å². The molecule has 0 saturated heterocycles. The topological polar surface area (TPSA) is 71.5 Å². The van der Waals surface area contributed by atoms with Gasteiger partial charge in [0.1, 0.15) is 5.75 Å². The van der Waals surface area contributed by atoms with E-state index in [-0.39, 0.29) is 18.2 Å². The highest BCUT2D eigenvalue weighted by atomic mass is 19.4. The molecule has 0 saturated carbocycles. The van der Waals surface area contributed by atoms with Crippen molar-refractivity contribution in [2.45, 2.75) is 39.1 Å². The standard InChI is InChI=1S/C19H19F3N2O3/c1-10-6-13-14(8-23-17(13)25)16(24-10)12-5-4-11(18(2,3)26)7-15(12)27-9-19(20,21)22/h4-7,26H,8-9H2,1-3H3,(H,23,25). The number of fused-ring (bicyclic) bond motifs is 1. The Bertz CT molecular complexity index is 902. The van der Waals surface area contributed by atoms with Gasteiger partial charge in [-0.05, 0) is 44.5 Å². The minimum Gasteiger partial charge on any atom is -0.483 e. The van der Waals surface area contributed by atoms with Gasteiger partial charge in [-0.25, -0.2) is 0 Å². The van der Waals surface area contributed by atoms with E-state index in [9.17, 15) is 23.1 Å². The summed E-state index contributed by atoms with van der Waals surface area (Å²) in [5.41, 5.74) is 1.50. The van der Waals surface area contributed by atoms with Gasteiger partial charge < -0.3 is 15.2 Å². The Hall–Kier alpha value is -2.61. The monoisotopic (exact) mass is 380 g/mol. The van der Waals surface area contributed by atoms with Gasteiger partial charge in [-0.15, -0.1) is 0 Å². The van der Waals surface area contributed by atoms with Crippen LogP contribution in [0.3, 0.4) is 0 Å². The van der Waals surface area contributed by atoms with Gasteiger partial charge in [-0.2, -0.15) is 13.2 Å². The molecule has 1 aliphatic rings. The lowest BCUT2D eigenvalue weighted by Crippen LogP contribution is -2.20. The van der Waals surface area contributed by atoms with Gasteiger partial charge in [0.05, 0.1) is 11.3 Å². The van der Waals surface area contributed by atoms with Gasteiger partial charge in [0.2, 0.25) is 0 Å². The minimum absolute atomic E-state index is 0.0494. The predicted octanol–water partition coefficient (Wildman–Crippen LogP) is 3.47. The molecule has 144 valence electrons. The van der Waals surface area contributed by atoms with Crippen molar-refractivity contribution < 1.29 is 27.8 Å². The SMILES string of the molecule is Cc1cc2c(c(-c3ccc(C(C)(C)O)cc3OCC(F)(F)F)n1)CNC2=O. The summed E-state index contributed by atoms with van der Waals surface area (Å²) in [6.07, 6.45) is -4.51. The fourth-order valence-corrected chi connectivity index (χ4v) is 2.95. The first-order valence-corrected chi connectivity index (χ1v) is 8.31. The van der Waals surface area contributed by atoms with Crippen molar-refractivity contribution in [3.63, 3.8) is 0 Å². The summed E-state index contributed by atoms with van der Waals surface area (Å²) < 4.78 is 43.1. The molecule has 0 radical (unpaired) electrons. The number of alkyl halides is 3. The molecule has 1 amide bonds. The number of aromatic nitrogens is 1. The number of benzene rings is 1. The van der Waals surface area contributed by atoms with Crippen LogP contribution < -0.4 is 10.1 Å². The fraction of sp³-hybridized carbons (Fsp3) is 0.368. The molecule has 1 aromatic heterocycles. The van der Waals surface area contributed by atoms with Gasteiger partial charge >= 0.3 is 6.18 Å². The van der Waals surface area contributed by atoms with Crippen molar-refractivity contribution in [3.8, 4) is 17.0 Å². The number of carbonyl (C=O) groups is 1. The molecule has 1 aliphatic heterocycles. The lowest BCUT2D eigenvalue weighted by atomic mass is 9.94. The van der Waals surface area contributed by atoms with Crippen LogP contribution in [-0.2, 0) is 12.1 Å². The van der Waals surface area contributed by atoms with Crippen LogP contribution in [0.25, 0.3) is 11.3 Å². The van der Waals surface area contributed by atoms with Gasteiger partial charge in [0.15, 0.2) is 6.61 Å². The minimum atomic E-state index is -4.51. The molecular formula is C19H19F3N2O3. The predicted molar refractivity (Wildman–Crippen MR) is 92.4 cm³/mol. The summed E-state index contributed by atoms with van der Waals surface area (Å²) in [6.45, 7) is 3.53. The molecule has 5 nitrogen and oxygen atoms in total. The summed E-state index contributed by atoms with van der Waals surface area (Å²) in [5.74, 6) is -0.297. The van der Waals surface area contributed by atoms with Crippen LogP contribution in [0.15, 0.2) is 24.3 Å². The van der Waals surface area contributed by atoms with Gasteiger partial charge in [-0.1, -0.05) is 6.07 Å². The van der Waals surface area contributed by atoms with Crippen molar-refractivity contribution in [2.75, 3.05) is 6.61 Å². The zero-order valence-corrected chi connectivity index (χ0v) is 15.1. The molecule has 27 heavy (non-hydrogen) atoms. The van der Waals surface area contributed by atoms with E-state index in [1.54, 1.807) is 25.1 Å². The molecular weight excluding hydrogens is 361 g/mol. The Morgan fingerprint density at radius 2 is 1.93 bits per heavy atom. The highest BCUT2D eigenvalue weighted by molar-refractivity contribution is 6.00. The van der Waals surface area contributed by atoms with Crippen LogP contribution in [0, 0.1) is 6.92 Å². The fourth-order valence-electron chi connectivity index (χ4n) is 2.95. The van der Waals surface area contributed by atoms with Gasteiger partial charge in [0.25, 0.3) is 5.91 Å². The molecule has 0 fully saturated rings. The molecule has 0 spiro atoms. The van der Waals surface area contributed by atoms with Crippen molar-refractivity contribution in [1.29, 1.82) is 0 Å². The largest absolute Gasteiger partial charge is 0.483 e. The maximum absolute atomic E-state index is 12.7. The Kier molecular flexibility index (Phi) is 4.63. The molecule has 0 aliphatic carbocycles. The van der Waals surface area contributed by atoms with E-state index in [0.717, 1.165) is 0 Å². The number of carbonyl (C=O) groups excluding carboxylic acids is 1. The third kappa shape index (κ3) is 4.05. The molecule has 8 heteroatoms. The maximum atomic E-state index is 12.7. The van der Waals surface area contributed by atoms with E-state index < -0.39 is 18.4 Å². The molecule has 0 unspecified atom stereocenters. The highest BCUT2D eigenvalue weighted by Crippen LogP contribution is 2.37. The number of hydrogen-bond acceptors (Lipinski definition) is 4. The summed E-state index contributed by atoms with van der Waals surface area (Å²) >= 11 is 0. The van der Waals surface area contributed by atoms with Crippen molar-refractivity contribution in [2.24, 2.45) is 0 Å². The second-order valence-corrected chi connectivity index (χ2v) is 6.99. The Morgan fingerprint density at radius 3 is 2.56 bits per heavy atom. The summed E-state index contributed by atoms with van der Waals surface area (Å²) in [7, 11) is 0. The van der Waals surface area contributed by atoms with E-state index >= 15 is 0 Å². The normalized spacial score (nSPS) is 14.1. The number of ether oxygens (including phenoxy) is 1. The van der Waals surface area contributed by atoms with Crippen molar-refractivity contribution in [3.05, 3.63) is 46.6 Å². The lowest BCUT2D eigenvalue weighted by molar-refractivity contribution is -0.153. The number of halogens is 3. The number of nitrogens with zero attached hydrogens (tertiary/aromatic N) is 1. The van der Waals surface area contributed by atoms with Crippen LogP contribution in [0.1, 0.15) is 41.0 Å². The zero-order chi connectivity index (χ0) is 20.0. The van der Waals surface area contributed by atoms with Crippen LogP contribution in [0.2, 0.25) is 0 Å². The van der Waals surface area contributed by atoms with E-state index in [0.29, 0.717) is 33.6 Å². The average molecular weight is 380 g/mol. The number of aliphatic hydroxyl groups is 1. The summed E-state index contributed by atoms with van der Waals surface area (Å²) in [6, 6.07) is 6.19. The molecule has 2 N–H and O–H groups in total. The first-order chi connectivity index (χ1) is 12.5. The molecule has 2 aromatic rings. The Labute approximate surface area is 154 Å². The number of hydrogen-bond donors (Lipinski definition) is 2. The molecule has 1 aromatic carbocycles. The van der Waals surface area contributed by atoms with Crippen molar-refractivity contribution >= 4 is 5.91 Å². The van der Waals surface area contributed by atoms with Crippen LogP contribution in [0.5, 0.6) is 5.75 Å². The second-order valence-electron chi connectivity index (χ2n) is 6.99. The van der Waals surface area contributed by atoms with Gasteiger partial charge in [0, 0.05) is 28.9 Å². The quantitative estimate of drug-likeness (QED) is 0.852. The van der Waals surface area contributed by atoms with E-state index in [1.807, 2.05) is 0 Å². The van der Waals surface area contributed by atoms with Crippen molar-refractivity contribution in [1.82, 2.24) is 10.3 Å². The summed E-state index contributed by atoms with van der Waals surface area (Å²) in [4.78, 5) is 16.4. The zero-order valence-electron chi connectivity index (χ0n) is 15.1. The number of pyridine rings is 1. The molecule has 3 rings (SSSR count). The molecule has 0 bridgehead atoms. The molecule has 0 atom stereocenters. The van der Waals surface area contributed by atoms with Crippen LogP contribution in [-0.4, -0.2) is 28.8 Å². The Balaban J connectivity index is 2.15. The van der Waals surface area contributed by atoms with E-state index in [4.69, 9.17) is 4.74 Å². The third-order valence-electron chi connectivity index (χ3n) is 4.26. The Morgan fingerprint density at radius 1 is 1.22 bits per heavy atom. The number of rotatable bonds is 4. The molecule has 2 heterocycles. The third-order valence-corrected chi connectivity index (χ3v) is 4.26. The first kappa shape index (κ1) is 19.2. The van der Waals surface area contributed by atoms with E-state index in [1.165, 1.54) is 19.9 Å². The second kappa shape index (κ2) is 6.53. The maximum Gasteiger partial charge on any atom is 0.422 e. The lowest BCUT2D eigenvalue weighted by Gasteiger charge is -2.21. The smallest absolute Gasteiger partial charge is 0.422 e. The number of nitrogens with one attached hydrogen (secondary N) is 1. The highest BCUT2D eigenvalue weighted by Gasteiger charge is 2.31. The van der Waals surface area contributed by atoms with Crippen LogP contribution >= 0.6 is 0 Å². The number of amides is 1. The van der Waals surface area contributed by atoms with E-state index in [2.05, 4.69) is 10.3 Å². The summed E-state index contributed by atoms with van der Waals surface area (Å²) in [5, 5.41) is 12.9. The first-order valence-electron chi connectivity index (χ1n) is 8.31. The van der Waals surface area contributed by atoms with Gasteiger partial charge in [-0.3, -0.25) is 9.78 Å².